The van der Waals surface area contributed by atoms with Gasteiger partial charge in [0.2, 0.25) is 5.91 Å². The maximum absolute atomic E-state index is 13.4. The smallest absolute Gasteiger partial charge is 0.306 e. The summed E-state index contributed by atoms with van der Waals surface area (Å²) in [5, 5.41) is 57.0. The molecule has 6 N–H and O–H groups in total. The van der Waals surface area contributed by atoms with E-state index in [1.165, 1.54) is 51.4 Å². The van der Waals surface area contributed by atoms with Crippen molar-refractivity contribution in [3.05, 3.63) is 158 Å². The number of rotatable bonds is 52. The Balaban J connectivity index is 2.75. The van der Waals surface area contributed by atoms with Crippen molar-refractivity contribution in [2.75, 3.05) is 13.2 Å². The van der Waals surface area contributed by atoms with Gasteiger partial charge >= 0.3 is 5.97 Å². The van der Waals surface area contributed by atoms with E-state index < -0.39 is 67.4 Å². The third-order valence-corrected chi connectivity index (χ3v) is 13.9. The molecule has 1 saturated heterocycles. The summed E-state index contributed by atoms with van der Waals surface area (Å²) >= 11 is 0. The number of hydrogen-bond donors (Lipinski definition) is 6. The maximum Gasteiger partial charge on any atom is 0.306 e. The van der Waals surface area contributed by atoms with Crippen LogP contribution >= 0.6 is 0 Å². The number of aliphatic hydroxyl groups excluding tert-OH is 5. The standard InChI is InChI=1S/C72H115NO10/c1-4-7-10-13-16-19-22-25-27-29-31-33-35-37-39-42-45-48-51-54-57-60-67(77)83-70-69(79)68(78)66(61-74)82-72(70)81-62-63(64(75)58-55-52-49-46-43-40-24-21-18-15-12-9-6-3)73-71(80)65(76)59-56-53-50-47-44-41-38-36-34-32-30-28-26-23-20-17-14-11-8-5-2/h7-8,10-11,16-17,19-20,25-28,31-34,37-39,41,45,47-48,50,55,58,63-66,68-70,72,74-76,78-79H,4-6,9,12-15,18,21-24,29-30,35-36,40,42-44,46,49,51-54,56-57,59-62H2,1-3H3,(H,73,80)/b10-7-,11-8-,19-16-,20-17-,27-25-,28-26-,33-31-,34-32-,39-37-,41-38-,48-45-,50-47-,58-55+. The lowest BCUT2D eigenvalue weighted by atomic mass is 9.99. The van der Waals surface area contributed by atoms with Crippen molar-refractivity contribution >= 4 is 11.9 Å². The average molecular weight is 1150 g/mol. The van der Waals surface area contributed by atoms with E-state index >= 15 is 0 Å². The molecule has 1 amide bonds. The van der Waals surface area contributed by atoms with E-state index in [4.69, 9.17) is 14.2 Å². The van der Waals surface area contributed by atoms with Gasteiger partial charge in [0.1, 0.15) is 24.4 Å². The quantitative estimate of drug-likeness (QED) is 0.0195. The number of hydrogen-bond acceptors (Lipinski definition) is 10. The molecule has 0 spiro atoms. The van der Waals surface area contributed by atoms with Crippen LogP contribution in [0.4, 0.5) is 0 Å². The summed E-state index contributed by atoms with van der Waals surface area (Å²) in [7, 11) is 0. The van der Waals surface area contributed by atoms with Crippen molar-refractivity contribution in [3.63, 3.8) is 0 Å². The largest absolute Gasteiger partial charge is 0.454 e. The van der Waals surface area contributed by atoms with Gasteiger partial charge in [-0.3, -0.25) is 9.59 Å². The molecule has 0 aromatic carbocycles. The van der Waals surface area contributed by atoms with Crippen molar-refractivity contribution < 1.29 is 49.3 Å². The molecule has 0 bridgehead atoms. The molecule has 468 valence electrons. The zero-order valence-corrected chi connectivity index (χ0v) is 51.7. The minimum absolute atomic E-state index is 0.0529. The minimum Gasteiger partial charge on any atom is -0.454 e. The predicted molar refractivity (Wildman–Crippen MR) is 347 cm³/mol. The lowest BCUT2D eigenvalue weighted by Crippen LogP contribution is -2.61. The van der Waals surface area contributed by atoms with Crippen LogP contribution in [0.5, 0.6) is 0 Å². The van der Waals surface area contributed by atoms with Gasteiger partial charge in [-0.05, 0) is 128 Å². The third-order valence-electron chi connectivity index (χ3n) is 13.9. The van der Waals surface area contributed by atoms with Gasteiger partial charge in [0, 0.05) is 6.42 Å². The summed E-state index contributed by atoms with van der Waals surface area (Å²) in [6.07, 6.45) is 74.2. The Morgan fingerprint density at radius 2 is 0.867 bits per heavy atom. The highest BCUT2D eigenvalue weighted by atomic mass is 16.7. The van der Waals surface area contributed by atoms with Crippen LogP contribution in [0, 0.1) is 0 Å². The van der Waals surface area contributed by atoms with E-state index in [-0.39, 0.29) is 19.4 Å². The number of unbranched alkanes of at least 4 members (excludes halogenated alkanes) is 14. The normalized spacial score (nSPS) is 19.6. The monoisotopic (exact) mass is 1150 g/mol. The second kappa shape index (κ2) is 57.7. The fourth-order valence-corrected chi connectivity index (χ4v) is 8.90. The molecular formula is C72H115NO10. The van der Waals surface area contributed by atoms with E-state index in [0.29, 0.717) is 19.3 Å². The van der Waals surface area contributed by atoms with Crippen molar-refractivity contribution in [2.45, 2.75) is 269 Å². The third kappa shape index (κ3) is 45.3. The van der Waals surface area contributed by atoms with Crippen molar-refractivity contribution in [1.29, 1.82) is 0 Å². The number of carbonyl (C=O) groups is 2. The number of esters is 1. The molecule has 11 heteroatoms. The molecular weight excluding hydrogens is 1040 g/mol. The van der Waals surface area contributed by atoms with Crippen LogP contribution in [-0.4, -0.2) is 99.6 Å². The molecule has 1 aliphatic heterocycles. The molecule has 11 nitrogen and oxygen atoms in total. The summed E-state index contributed by atoms with van der Waals surface area (Å²) in [6, 6.07) is -1.07. The predicted octanol–water partition coefficient (Wildman–Crippen LogP) is 15.9. The highest BCUT2D eigenvalue weighted by molar-refractivity contribution is 5.80. The molecule has 1 fully saturated rings. The lowest BCUT2D eigenvalue weighted by Gasteiger charge is -2.41. The highest BCUT2D eigenvalue weighted by Gasteiger charge is 2.47. The van der Waals surface area contributed by atoms with Gasteiger partial charge in [-0.25, -0.2) is 0 Å². The molecule has 8 unspecified atom stereocenters. The lowest BCUT2D eigenvalue weighted by molar-refractivity contribution is -0.305. The zero-order chi connectivity index (χ0) is 60.3. The molecule has 1 aliphatic rings. The van der Waals surface area contributed by atoms with E-state index in [2.05, 4.69) is 166 Å². The highest BCUT2D eigenvalue weighted by Crippen LogP contribution is 2.26. The Morgan fingerprint density at radius 1 is 0.482 bits per heavy atom. The zero-order valence-electron chi connectivity index (χ0n) is 51.7. The fraction of sp³-hybridized carbons (Fsp3) is 0.611. The Hall–Kier alpha value is -4.72. The molecule has 0 aliphatic carbocycles. The fourth-order valence-electron chi connectivity index (χ4n) is 8.90. The first kappa shape index (κ1) is 76.3. The first-order chi connectivity index (χ1) is 40.7. The van der Waals surface area contributed by atoms with Gasteiger partial charge < -0.3 is 45.1 Å². The number of nitrogens with one attached hydrogen (secondary N) is 1. The summed E-state index contributed by atoms with van der Waals surface area (Å²) in [5.41, 5.74) is 0. The number of carbonyl (C=O) groups excluding carboxylic acids is 2. The molecule has 8 atom stereocenters. The average Bonchev–Trinajstić information content (AvgIpc) is 3.58. The second-order valence-corrected chi connectivity index (χ2v) is 21.4. The number of ether oxygens (including phenoxy) is 3. The summed E-state index contributed by atoms with van der Waals surface area (Å²) in [6.45, 7) is 5.50. The van der Waals surface area contributed by atoms with Gasteiger partial charge in [-0.2, -0.15) is 0 Å². The summed E-state index contributed by atoms with van der Waals surface area (Å²) < 4.78 is 17.6. The van der Waals surface area contributed by atoms with Crippen LogP contribution in [0.3, 0.4) is 0 Å². The van der Waals surface area contributed by atoms with Gasteiger partial charge in [0.25, 0.3) is 0 Å². The van der Waals surface area contributed by atoms with E-state index in [9.17, 15) is 35.1 Å². The van der Waals surface area contributed by atoms with Crippen LogP contribution in [-0.2, 0) is 23.8 Å². The van der Waals surface area contributed by atoms with Crippen LogP contribution < -0.4 is 5.32 Å². The van der Waals surface area contributed by atoms with E-state index in [1.54, 1.807) is 6.08 Å². The number of aliphatic hydroxyl groups is 5. The van der Waals surface area contributed by atoms with Crippen LogP contribution in [0.25, 0.3) is 0 Å². The molecule has 83 heavy (non-hydrogen) atoms. The van der Waals surface area contributed by atoms with E-state index in [0.717, 1.165) is 116 Å². The first-order valence-corrected chi connectivity index (χ1v) is 32.3. The van der Waals surface area contributed by atoms with Gasteiger partial charge in [0.05, 0.1) is 25.4 Å². The van der Waals surface area contributed by atoms with Crippen LogP contribution in [0.15, 0.2) is 158 Å². The molecule has 0 radical (unpaired) electrons. The number of amides is 1. The molecule has 0 aromatic rings. The SMILES string of the molecule is CC/C=C\C/C=C\C/C=C\C/C=C\C/C=C\C/C=C\CCCCC(=O)OC1C(OCC(NC(=O)C(O)CCC/C=C\C/C=C\C/C=C\C/C=C\C/C=C\C/C=C\CC)C(O)/C=C/CCCCCCCCCCCCC)OC(CO)C(O)C1O. The van der Waals surface area contributed by atoms with Crippen LogP contribution in [0.2, 0.25) is 0 Å². The Kier molecular flexibility index (Phi) is 53.0. The summed E-state index contributed by atoms with van der Waals surface area (Å²) in [4.78, 5) is 26.6. The van der Waals surface area contributed by atoms with Crippen LogP contribution in [0.1, 0.15) is 220 Å². The Labute approximate surface area is 504 Å². The van der Waals surface area contributed by atoms with Gasteiger partial charge in [0.15, 0.2) is 12.4 Å². The molecule has 1 rings (SSSR count). The van der Waals surface area contributed by atoms with Crippen molar-refractivity contribution in [1.82, 2.24) is 5.32 Å². The molecule has 0 saturated carbocycles. The maximum atomic E-state index is 13.4. The minimum atomic E-state index is -1.65. The second-order valence-electron chi connectivity index (χ2n) is 21.4. The summed E-state index contributed by atoms with van der Waals surface area (Å²) in [5.74, 6) is -1.30. The molecule has 0 aromatic heterocycles. The van der Waals surface area contributed by atoms with Gasteiger partial charge in [-0.15, -0.1) is 0 Å². The van der Waals surface area contributed by atoms with Gasteiger partial charge in [-0.1, -0.05) is 243 Å². The number of allylic oxidation sites excluding steroid dienone is 25. The Bertz CT molecular complexity index is 1950. The van der Waals surface area contributed by atoms with E-state index in [1.807, 2.05) is 12.2 Å². The van der Waals surface area contributed by atoms with Crippen molar-refractivity contribution in [3.8, 4) is 0 Å². The van der Waals surface area contributed by atoms with Crippen molar-refractivity contribution in [2.24, 2.45) is 0 Å². The first-order valence-electron chi connectivity index (χ1n) is 32.3. The molecule has 1 heterocycles. The Morgan fingerprint density at radius 3 is 1.30 bits per heavy atom. The topological polar surface area (TPSA) is 175 Å².